The van der Waals surface area contributed by atoms with Crippen LogP contribution < -0.4 is 5.56 Å². The van der Waals surface area contributed by atoms with E-state index in [1.807, 2.05) is 74.9 Å². The summed E-state index contributed by atoms with van der Waals surface area (Å²) < 4.78 is 41.8. The summed E-state index contributed by atoms with van der Waals surface area (Å²) in [5.74, 6) is -3.04. The van der Waals surface area contributed by atoms with E-state index >= 15 is 0 Å². The number of ether oxygens (including phenoxy) is 6. The zero-order valence-corrected chi connectivity index (χ0v) is 47.9. The van der Waals surface area contributed by atoms with Crippen LogP contribution >= 0.6 is 0 Å². The van der Waals surface area contributed by atoms with E-state index in [1.165, 1.54) is 24.7 Å². The van der Waals surface area contributed by atoms with Gasteiger partial charge in [0.1, 0.15) is 35.7 Å². The predicted molar refractivity (Wildman–Crippen MR) is 288 cm³/mol. The molecule has 6 N–H and O–H groups in total. The second-order valence-corrected chi connectivity index (χ2v) is 23.5. The van der Waals surface area contributed by atoms with Crippen LogP contribution in [-0.2, 0) is 52.8 Å². The third-order valence-electron chi connectivity index (χ3n) is 16.9. The molecule has 0 unspecified atom stereocenters. The maximum Gasteiger partial charge on any atom is 0.311 e. The largest absolute Gasteiger partial charge is 0.503 e. The molecule has 20 heteroatoms. The van der Waals surface area contributed by atoms with Crippen molar-refractivity contribution >= 4 is 5.97 Å². The van der Waals surface area contributed by atoms with Crippen LogP contribution in [-0.4, -0.2) is 184 Å². The molecule has 0 radical (unpaired) electrons. The van der Waals surface area contributed by atoms with Crippen molar-refractivity contribution in [2.24, 2.45) is 17.8 Å². The van der Waals surface area contributed by atoms with Crippen LogP contribution in [0.2, 0.25) is 0 Å². The van der Waals surface area contributed by atoms with Crippen molar-refractivity contribution in [1.82, 2.24) is 29.4 Å². The number of aryl methyl sites for hydroxylation is 2. The minimum atomic E-state index is -1.84. The van der Waals surface area contributed by atoms with E-state index in [0.717, 1.165) is 42.5 Å². The van der Waals surface area contributed by atoms with Gasteiger partial charge in [-0.25, -0.2) is 0 Å². The van der Waals surface area contributed by atoms with Gasteiger partial charge in [-0.2, -0.15) is 0 Å². The number of carbonyl (C=O) groups excluding carboxylic acids is 1. The van der Waals surface area contributed by atoms with E-state index < -0.39 is 102 Å². The zero-order valence-electron chi connectivity index (χ0n) is 47.9. The highest BCUT2D eigenvalue weighted by molar-refractivity contribution is 5.73. The molecule has 3 aliphatic rings. The van der Waals surface area contributed by atoms with Gasteiger partial charge in [0.2, 0.25) is 0 Å². The average Bonchev–Trinajstić information content (AvgIpc) is 3.86. The number of hydrogen-bond acceptors (Lipinski definition) is 18. The molecule has 0 amide bonds. The molecule has 20 nitrogen and oxygen atoms in total. The summed E-state index contributed by atoms with van der Waals surface area (Å²) in [6.07, 6.45) is -1.89. The van der Waals surface area contributed by atoms with E-state index in [1.54, 1.807) is 53.8 Å². The second-order valence-electron chi connectivity index (χ2n) is 23.5. The zero-order chi connectivity index (χ0) is 56.7. The summed E-state index contributed by atoms with van der Waals surface area (Å²) in [5.41, 5.74) is -2.25. The molecule has 3 fully saturated rings. The summed E-state index contributed by atoms with van der Waals surface area (Å²) in [7, 11) is 5.29. The second kappa shape index (κ2) is 26.6. The Hall–Kier alpha value is -3.90. The first-order valence-electron chi connectivity index (χ1n) is 27.9. The van der Waals surface area contributed by atoms with Crippen molar-refractivity contribution in [2.45, 2.75) is 231 Å². The number of unbranched alkanes of at least 4 members (excludes halogenated alkanes) is 3. The summed E-state index contributed by atoms with van der Waals surface area (Å²) >= 11 is 0. The first-order valence-corrected chi connectivity index (χ1v) is 27.9. The van der Waals surface area contributed by atoms with Crippen molar-refractivity contribution in [1.29, 1.82) is 0 Å². The summed E-state index contributed by atoms with van der Waals surface area (Å²) in [5, 5.41) is 78.4. The average molecular weight is 1090 g/mol. The molecule has 2 aromatic heterocycles. The van der Waals surface area contributed by atoms with Gasteiger partial charge in [-0.05, 0) is 118 Å². The third-order valence-corrected chi connectivity index (χ3v) is 16.9. The Morgan fingerprint density at radius 3 is 2.22 bits per heavy atom. The Morgan fingerprint density at radius 2 is 1.56 bits per heavy atom. The van der Waals surface area contributed by atoms with Gasteiger partial charge < -0.3 is 68.5 Å². The van der Waals surface area contributed by atoms with Crippen molar-refractivity contribution in [2.75, 3.05) is 27.7 Å². The molecule has 3 saturated heterocycles. The van der Waals surface area contributed by atoms with Gasteiger partial charge >= 0.3 is 5.97 Å². The molecule has 434 valence electrons. The maximum atomic E-state index is 14.5. The van der Waals surface area contributed by atoms with Crippen molar-refractivity contribution in [3.8, 4) is 17.0 Å². The van der Waals surface area contributed by atoms with Crippen LogP contribution in [0.4, 0.5) is 0 Å². The fourth-order valence-corrected chi connectivity index (χ4v) is 12.0. The van der Waals surface area contributed by atoms with Gasteiger partial charge in [0.05, 0.1) is 47.7 Å². The predicted octanol–water partition coefficient (Wildman–Crippen LogP) is 4.86. The number of pyridine rings is 1. The van der Waals surface area contributed by atoms with Crippen molar-refractivity contribution < 1.29 is 63.9 Å². The Bertz CT molecular complexity index is 2390. The number of rotatable bonds is 17. The first kappa shape index (κ1) is 62.3. The Balaban J connectivity index is 1.19. The number of likely N-dealkylation sites (N-methyl/N-ethyl adjacent to an activating group) is 2. The highest BCUT2D eigenvalue weighted by Crippen LogP contribution is 2.40. The SMILES string of the molecule is CC[C@H]1OC(=O)[C@H](C)[C@@H](O[C@H]2C[C@@](C)(OC)[C@@H](O)[C@H](C)O2)[C@H](C)[C@@H](O[C@@H]2O[C@H](C)C[C@H](N(C)Cc3ccc(-c4cn(CCCCCCn5cccc(O)c5=O)nn4)cc3)[C@@H]2O)[C@](C)(O)C[C@@H](C)CN(C)[C@H](C)[C@@H](O)[C@]1(C)O. The molecular formula is C57H92N6O14. The molecule has 77 heavy (non-hydrogen) atoms. The van der Waals surface area contributed by atoms with Crippen molar-refractivity contribution in [3.63, 3.8) is 0 Å². The maximum absolute atomic E-state index is 14.5. The molecule has 5 heterocycles. The van der Waals surface area contributed by atoms with Gasteiger partial charge in [0, 0.05) is 69.5 Å². The van der Waals surface area contributed by atoms with E-state index in [0.29, 0.717) is 32.6 Å². The lowest BCUT2D eigenvalue weighted by atomic mass is 9.77. The van der Waals surface area contributed by atoms with Crippen LogP contribution in [0.1, 0.15) is 126 Å². The van der Waals surface area contributed by atoms with Gasteiger partial charge in [0.15, 0.2) is 18.3 Å². The Morgan fingerprint density at radius 1 is 0.883 bits per heavy atom. The van der Waals surface area contributed by atoms with Gasteiger partial charge in [0.25, 0.3) is 5.56 Å². The number of methoxy groups -OCH3 is 1. The lowest BCUT2D eigenvalue weighted by Gasteiger charge is -2.49. The number of aromatic nitrogens is 4. The van der Waals surface area contributed by atoms with E-state index in [-0.39, 0.29) is 42.6 Å². The number of cyclic esters (lactones) is 1. The Kier molecular flexibility index (Phi) is 21.5. The van der Waals surface area contributed by atoms with Crippen LogP contribution in [0.5, 0.6) is 5.75 Å². The standard InChI is InChI=1S/C57H92N6O14/c1-14-45-57(10,71)49(66)38(6)60(11)31-34(2)29-55(8,70)51(36(4)48(37(5)53(69)75-45)76-46-30-56(9,72-13)50(67)39(7)74-46)77-54-47(65)43(28-35(3)73-54)61(12)32-40-21-23-41(24-22-40)42-33-63(59-58-42)27-18-16-15-17-25-62-26-19-20-44(64)52(62)68/h19-24,26,33-39,43,45-51,54,64-67,70-71H,14-18,25,27-32H2,1-13H3/t34-,35-,36+,37-,38-,39+,43+,45-,46+,47+,48+,49-,50+,51-,54+,55-,56-,57-/m1/s1. The number of hydrogen-bond donors (Lipinski definition) is 6. The lowest BCUT2D eigenvalue weighted by Crippen LogP contribution is -2.60. The van der Waals surface area contributed by atoms with E-state index in [9.17, 15) is 40.2 Å². The number of aromatic hydroxyl groups is 1. The summed E-state index contributed by atoms with van der Waals surface area (Å²) in [6, 6.07) is 10.1. The molecule has 0 saturated carbocycles. The number of carbonyl (C=O) groups is 1. The highest BCUT2D eigenvalue weighted by atomic mass is 16.7. The summed E-state index contributed by atoms with van der Waals surface area (Å²) in [6.45, 7) is 19.7. The quantitative estimate of drug-likeness (QED) is 0.0780. The monoisotopic (exact) mass is 1080 g/mol. The van der Waals surface area contributed by atoms with Gasteiger partial charge in [-0.1, -0.05) is 63.1 Å². The van der Waals surface area contributed by atoms with Crippen LogP contribution in [0.25, 0.3) is 11.3 Å². The molecule has 1 aromatic carbocycles. The van der Waals surface area contributed by atoms with Crippen LogP contribution in [0.3, 0.4) is 0 Å². The smallest absolute Gasteiger partial charge is 0.311 e. The number of nitrogens with zero attached hydrogens (tertiary/aromatic N) is 6. The number of aliphatic hydroxyl groups excluding tert-OH is 3. The van der Waals surface area contributed by atoms with Crippen LogP contribution in [0, 0.1) is 17.8 Å². The van der Waals surface area contributed by atoms with Gasteiger partial charge in [-0.15, -0.1) is 5.10 Å². The number of esters is 1. The molecular weight excluding hydrogens is 993 g/mol. The van der Waals surface area contributed by atoms with Crippen LogP contribution in [0.15, 0.2) is 53.6 Å². The molecule has 18 atom stereocenters. The first-order chi connectivity index (χ1) is 36.2. The lowest BCUT2D eigenvalue weighted by molar-refractivity contribution is -0.318. The fraction of sp³-hybridized carbons (Fsp3) is 0.754. The Labute approximate surface area is 455 Å². The molecule has 0 aliphatic carbocycles. The molecule has 6 rings (SSSR count). The molecule has 3 aliphatic heterocycles. The fourth-order valence-electron chi connectivity index (χ4n) is 12.0. The molecule has 0 spiro atoms. The van der Waals surface area contributed by atoms with E-state index in [4.69, 9.17) is 28.4 Å². The number of aliphatic hydroxyl groups is 5. The molecule has 0 bridgehead atoms. The minimum absolute atomic E-state index is 0.0976. The molecule has 3 aromatic rings. The third kappa shape index (κ3) is 15.1. The topological polar surface area (TPSA) is 253 Å². The number of benzene rings is 1. The van der Waals surface area contributed by atoms with E-state index in [2.05, 4.69) is 15.2 Å². The highest BCUT2D eigenvalue weighted by Gasteiger charge is 2.53. The minimum Gasteiger partial charge on any atom is -0.503 e. The normalized spacial score (nSPS) is 37.3. The van der Waals surface area contributed by atoms with Crippen molar-refractivity contribution in [3.05, 3.63) is 64.7 Å². The van der Waals surface area contributed by atoms with Gasteiger partial charge in [-0.3, -0.25) is 19.2 Å². The summed E-state index contributed by atoms with van der Waals surface area (Å²) in [4.78, 5) is 30.6.